The normalized spacial score (nSPS) is 12.2. The highest BCUT2D eigenvalue weighted by Gasteiger charge is 2.11. The minimum atomic E-state index is 0.825. The van der Waals surface area contributed by atoms with Crippen molar-refractivity contribution >= 4 is 0 Å². The molecule has 1 aromatic heterocycles. The molecule has 22 heavy (non-hydrogen) atoms. The third kappa shape index (κ3) is 5.17. The Balaban J connectivity index is 1.99. The van der Waals surface area contributed by atoms with Crippen LogP contribution in [0.5, 0.6) is 0 Å². The van der Waals surface area contributed by atoms with Gasteiger partial charge in [-0.2, -0.15) is 0 Å². The van der Waals surface area contributed by atoms with Gasteiger partial charge in [0.2, 0.25) is 0 Å². The van der Waals surface area contributed by atoms with E-state index in [0.29, 0.717) is 0 Å². The standard InChI is InChI=1S/C19H26N2O/c1-3-12-20(13-8-15-22-2)17-19-11-7-14-21(19)16-18-9-5-4-6-10-18/h3-7,9-11,14H,1,8,12-13,15-17H2,2H3/p+1. The number of methoxy groups -OCH3 is 1. The summed E-state index contributed by atoms with van der Waals surface area (Å²) in [6.45, 7) is 8.76. The van der Waals surface area contributed by atoms with E-state index in [-0.39, 0.29) is 0 Å². The Morgan fingerprint density at radius 3 is 2.73 bits per heavy atom. The van der Waals surface area contributed by atoms with Gasteiger partial charge in [0.15, 0.2) is 0 Å². The molecule has 118 valence electrons. The van der Waals surface area contributed by atoms with Crippen LogP contribution in [-0.2, 0) is 17.8 Å². The van der Waals surface area contributed by atoms with E-state index in [4.69, 9.17) is 4.74 Å². The highest BCUT2D eigenvalue weighted by molar-refractivity contribution is 5.17. The van der Waals surface area contributed by atoms with Crippen molar-refractivity contribution in [2.75, 3.05) is 26.8 Å². The van der Waals surface area contributed by atoms with Crippen molar-refractivity contribution in [2.45, 2.75) is 19.5 Å². The molecule has 0 bridgehead atoms. The molecule has 1 N–H and O–H groups in total. The lowest BCUT2D eigenvalue weighted by molar-refractivity contribution is -0.908. The lowest BCUT2D eigenvalue weighted by Gasteiger charge is -2.19. The van der Waals surface area contributed by atoms with Crippen LogP contribution in [0.3, 0.4) is 0 Å². The summed E-state index contributed by atoms with van der Waals surface area (Å²) in [5.41, 5.74) is 2.71. The zero-order valence-corrected chi connectivity index (χ0v) is 13.5. The number of hydrogen-bond acceptors (Lipinski definition) is 1. The summed E-state index contributed by atoms with van der Waals surface area (Å²) in [4.78, 5) is 1.53. The van der Waals surface area contributed by atoms with Crippen LogP contribution in [0.4, 0.5) is 0 Å². The number of nitrogens with zero attached hydrogens (tertiary/aromatic N) is 1. The lowest BCUT2D eigenvalue weighted by Crippen LogP contribution is -3.10. The largest absolute Gasteiger partial charge is 0.384 e. The predicted octanol–water partition coefficient (Wildman–Crippen LogP) is 2.14. The van der Waals surface area contributed by atoms with Crippen LogP contribution in [-0.4, -0.2) is 31.4 Å². The summed E-state index contributed by atoms with van der Waals surface area (Å²) in [5, 5.41) is 0. The highest BCUT2D eigenvalue weighted by Crippen LogP contribution is 2.07. The van der Waals surface area contributed by atoms with Gasteiger partial charge in [0.25, 0.3) is 0 Å². The number of quaternary nitrogens is 1. The first kappa shape index (κ1) is 16.5. The molecule has 3 nitrogen and oxygen atoms in total. The van der Waals surface area contributed by atoms with Gasteiger partial charge in [0.05, 0.1) is 25.4 Å². The molecule has 0 saturated heterocycles. The van der Waals surface area contributed by atoms with Crippen molar-refractivity contribution in [2.24, 2.45) is 0 Å². The van der Waals surface area contributed by atoms with Gasteiger partial charge in [0, 0.05) is 26.3 Å². The van der Waals surface area contributed by atoms with Crippen LogP contribution in [0.1, 0.15) is 17.7 Å². The summed E-state index contributed by atoms with van der Waals surface area (Å²) in [6.07, 6.45) is 5.26. The number of aromatic nitrogens is 1. The number of hydrogen-bond donors (Lipinski definition) is 1. The maximum atomic E-state index is 5.16. The predicted molar refractivity (Wildman–Crippen MR) is 91.1 cm³/mol. The number of benzene rings is 1. The Labute approximate surface area is 133 Å². The number of ether oxygens (including phenoxy) is 1. The zero-order chi connectivity index (χ0) is 15.6. The third-order valence-corrected chi connectivity index (χ3v) is 3.86. The monoisotopic (exact) mass is 299 g/mol. The fraction of sp³-hybridized carbons (Fsp3) is 0.368. The molecule has 2 aromatic rings. The quantitative estimate of drug-likeness (QED) is 0.526. The SMILES string of the molecule is C=CC[NH+](CCCOC)Cc1cccn1Cc1ccccc1. The molecule has 0 aliphatic rings. The molecule has 1 unspecified atom stereocenters. The Bertz CT molecular complexity index is 548. The van der Waals surface area contributed by atoms with Gasteiger partial charge < -0.3 is 14.2 Å². The molecule has 3 heteroatoms. The smallest absolute Gasteiger partial charge is 0.118 e. The molecule has 0 saturated carbocycles. The van der Waals surface area contributed by atoms with Gasteiger partial charge in [-0.05, 0) is 23.8 Å². The molecule has 0 amide bonds. The second-order valence-corrected chi connectivity index (χ2v) is 5.63. The van der Waals surface area contributed by atoms with E-state index in [0.717, 1.165) is 39.2 Å². The Morgan fingerprint density at radius 1 is 1.18 bits per heavy atom. The first-order chi connectivity index (χ1) is 10.8. The van der Waals surface area contributed by atoms with Crippen molar-refractivity contribution in [3.05, 3.63) is 72.6 Å². The lowest BCUT2D eigenvalue weighted by atomic mass is 10.2. The first-order valence-corrected chi connectivity index (χ1v) is 7.95. The minimum absolute atomic E-state index is 0.825. The molecule has 0 radical (unpaired) electrons. The average molecular weight is 299 g/mol. The van der Waals surface area contributed by atoms with Gasteiger partial charge in [0.1, 0.15) is 6.54 Å². The summed E-state index contributed by atoms with van der Waals surface area (Å²) >= 11 is 0. The summed E-state index contributed by atoms with van der Waals surface area (Å²) in [7, 11) is 1.76. The van der Waals surface area contributed by atoms with Crippen molar-refractivity contribution in [3.63, 3.8) is 0 Å². The zero-order valence-electron chi connectivity index (χ0n) is 13.5. The van der Waals surface area contributed by atoms with E-state index < -0.39 is 0 Å². The molecule has 0 aliphatic heterocycles. The molecule has 2 rings (SSSR count). The first-order valence-electron chi connectivity index (χ1n) is 7.95. The topological polar surface area (TPSA) is 18.6 Å². The van der Waals surface area contributed by atoms with Crippen LogP contribution in [0.2, 0.25) is 0 Å². The van der Waals surface area contributed by atoms with Crippen LogP contribution in [0.15, 0.2) is 61.3 Å². The fourth-order valence-electron chi connectivity index (χ4n) is 2.73. The fourth-order valence-corrected chi connectivity index (χ4v) is 2.73. The maximum Gasteiger partial charge on any atom is 0.118 e. The van der Waals surface area contributed by atoms with Crippen molar-refractivity contribution in [3.8, 4) is 0 Å². The summed E-state index contributed by atoms with van der Waals surface area (Å²) in [6, 6.07) is 15.0. The van der Waals surface area contributed by atoms with Crippen LogP contribution >= 0.6 is 0 Å². The van der Waals surface area contributed by atoms with Gasteiger partial charge in [-0.1, -0.05) is 36.9 Å². The van der Waals surface area contributed by atoms with E-state index in [9.17, 15) is 0 Å². The number of rotatable bonds is 10. The summed E-state index contributed by atoms with van der Waals surface area (Å²) < 4.78 is 7.51. The van der Waals surface area contributed by atoms with Gasteiger partial charge >= 0.3 is 0 Å². The molecular formula is C19H27N2O+. The molecule has 0 spiro atoms. The van der Waals surface area contributed by atoms with E-state index >= 15 is 0 Å². The number of nitrogens with one attached hydrogen (secondary N) is 1. The maximum absolute atomic E-state index is 5.16. The van der Waals surface area contributed by atoms with Gasteiger partial charge in [-0.15, -0.1) is 0 Å². The molecular weight excluding hydrogens is 272 g/mol. The van der Waals surface area contributed by atoms with Gasteiger partial charge in [-0.3, -0.25) is 0 Å². The minimum Gasteiger partial charge on any atom is -0.384 e. The van der Waals surface area contributed by atoms with Crippen LogP contribution in [0.25, 0.3) is 0 Å². The molecule has 1 heterocycles. The Morgan fingerprint density at radius 2 is 2.00 bits per heavy atom. The Kier molecular flexibility index (Phi) is 6.94. The Hall–Kier alpha value is -1.84. The van der Waals surface area contributed by atoms with Crippen LogP contribution in [0, 0.1) is 0 Å². The molecule has 1 aromatic carbocycles. The third-order valence-electron chi connectivity index (χ3n) is 3.86. The molecule has 0 aliphatic carbocycles. The molecule has 1 atom stereocenters. The van der Waals surface area contributed by atoms with E-state index in [1.807, 2.05) is 6.08 Å². The second-order valence-electron chi connectivity index (χ2n) is 5.63. The van der Waals surface area contributed by atoms with E-state index in [1.165, 1.54) is 16.2 Å². The van der Waals surface area contributed by atoms with Crippen molar-refractivity contribution in [1.29, 1.82) is 0 Å². The van der Waals surface area contributed by atoms with Gasteiger partial charge in [-0.25, -0.2) is 0 Å². The summed E-state index contributed by atoms with van der Waals surface area (Å²) in [5.74, 6) is 0. The van der Waals surface area contributed by atoms with E-state index in [1.54, 1.807) is 7.11 Å². The van der Waals surface area contributed by atoms with E-state index in [2.05, 4.69) is 59.8 Å². The van der Waals surface area contributed by atoms with Crippen molar-refractivity contribution in [1.82, 2.24) is 4.57 Å². The average Bonchev–Trinajstić information content (AvgIpc) is 2.96. The van der Waals surface area contributed by atoms with Crippen LogP contribution < -0.4 is 4.90 Å². The highest BCUT2D eigenvalue weighted by atomic mass is 16.5. The molecule has 0 fully saturated rings. The van der Waals surface area contributed by atoms with Crippen molar-refractivity contribution < 1.29 is 9.64 Å². The second kappa shape index (κ2) is 9.23.